The largest absolute Gasteiger partial charge is 0.337 e. The van der Waals surface area contributed by atoms with Gasteiger partial charge in [0.05, 0.1) is 5.69 Å². The van der Waals surface area contributed by atoms with Crippen molar-refractivity contribution < 1.29 is 0 Å². The molecule has 0 N–H and O–H groups in total. The zero-order chi connectivity index (χ0) is 14.1. The molecule has 4 nitrogen and oxygen atoms in total. The smallest absolute Gasteiger partial charge is 0.113 e. The molecular weight excluding hydrogens is 248 g/mol. The molecule has 0 spiro atoms. The number of imidazole rings is 1. The molecule has 1 atom stereocenters. The van der Waals surface area contributed by atoms with Crippen molar-refractivity contribution in [2.45, 2.75) is 44.6 Å². The Morgan fingerprint density at radius 2 is 1.85 bits per heavy atom. The second-order valence-electron chi connectivity index (χ2n) is 6.72. The fourth-order valence-electron chi connectivity index (χ4n) is 3.92. The summed E-state index contributed by atoms with van der Waals surface area (Å²) in [4.78, 5) is 9.95. The van der Waals surface area contributed by atoms with Gasteiger partial charge in [-0.15, -0.1) is 0 Å². The van der Waals surface area contributed by atoms with Crippen LogP contribution >= 0.6 is 0 Å². The van der Waals surface area contributed by atoms with Gasteiger partial charge in [0, 0.05) is 31.7 Å². The molecule has 3 rings (SSSR count). The highest BCUT2D eigenvalue weighted by atomic mass is 15.2. The van der Waals surface area contributed by atoms with Crippen molar-refractivity contribution in [2.24, 2.45) is 7.05 Å². The molecule has 0 saturated carbocycles. The minimum Gasteiger partial charge on any atom is -0.337 e. The Kier molecular flexibility index (Phi) is 4.13. The van der Waals surface area contributed by atoms with Gasteiger partial charge in [0.1, 0.15) is 5.82 Å². The van der Waals surface area contributed by atoms with E-state index in [1.54, 1.807) is 0 Å². The third-order valence-electron chi connectivity index (χ3n) is 5.06. The summed E-state index contributed by atoms with van der Waals surface area (Å²) in [5.74, 6) is 1.92. The fourth-order valence-corrected chi connectivity index (χ4v) is 3.92. The molecule has 1 aromatic rings. The van der Waals surface area contributed by atoms with E-state index in [4.69, 9.17) is 4.98 Å². The van der Waals surface area contributed by atoms with Crippen molar-refractivity contribution in [3.8, 4) is 0 Å². The van der Waals surface area contributed by atoms with E-state index in [0.717, 1.165) is 11.7 Å². The topological polar surface area (TPSA) is 24.3 Å². The summed E-state index contributed by atoms with van der Waals surface area (Å²) < 4.78 is 2.23. The third-order valence-corrected chi connectivity index (χ3v) is 5.06. The minimum absolute atomic E-state index is 0.627. The van der Waals surface area contributed by atoms with Crippen molar-refractivity contribution >= 4 is 0 Å². The molecular formula is C16H28N4. The summed E-state index contributed by atoms with van der Waals surface area (Å²) in [5.41, 5.74) is 1.15. The van der Waals surface area contributed by atoms with Crippen molar-refractivity contribution in [3.05, 3.63) is 17.7 Å². The molecule has 20 heavy (non-hydrogen) atoms. The molecule has 2 aliphatic heterocycles. The summed E-state index contributed by atoms with van der Waals surface area (Å²) >= 11 is 0. The normalized spacial score (nSPS) is 27.1. The van der Waals surface area contributed by atoms with Gasteiger partial charge in [-0.2, -0.15) is 0 Å². The van der Waals surface area contributed by atoms with Crippen LogP contribution in [0.4, 0.5) is 0 Å². The van der Waals surface area contributed by atoms with Gasteiger partial charge in [-0.3, -0.25) is 4.90 Å². The zero-order valence-corrected chi connectivity index (χ0v) is 13.2. The first-order chi connectivity index (χ1) is 9.63. The number of hydrogen-bond acceptors (Lipinski definition) is 3. The molecule has 2 saturated heterocycles. The van der Waals surface area contributed by atoms with E-state index in [2.05, 4.69) is 41.6 Å². The molecule has 0 amide bonds. The molecule has 1 unspecified atom stereocenters. The molecule has 3 heterocycles. The number of nitrogens with zero attached hydrogens (tertiary/aromatic N) is 4. The lowest BCUT2D eigenvalue weighted by Crippen LogP contribution is -2.47. The molecule has 0 radical (unpaired) electrons. The second-order valence-corrected chi connectivity index (χ2v) is 6.72. The van der Waals surface area contributed by atoms with E-state index in [1.807, 2.05) is 0 Å². The van der Waals surface area contributed by atoms with E-state index in [1.165, 1.54) is 57.7 Å². The van der Waals surface area contributed by atoms with Gasteiger partial charge in [0.15, 0.2) is 0 Å². The Balaban J connectivity index is 1.66. The van der Waals surface area contributed by atoms with Crippen LogP contribution in [0, 0.1) is 6.92 Å². The maximum absolute atomic E-state index is 4.75. The first kappa shape index (κ1) is 14.1. The summed E-state index contributed by atoms with van der Waals surface area (Å²) in [6.45, 7) is 7.11. The molecule has 0 bridgehead atoms. The quantitative estimate of drug-likeness (QED) is 0.826. The Bertz CT molecular complexity index is 445. The highest BCUT2D eigenvalue weighted by molar-refractivity contribution is 5.08. The van der Waals surface area contributed by atoms with E-state index in [-0.39, 0.29) is 0 Å². The van der Waals surface area contributed by atoms with E-state index in [9.17, 15) is 0 Å². The molecule has 0 aromatic carbocycles. The Labute approximate surface area is 122 Å². The van der Waals surface area contributed by atoms with E-state index < -0.39 is 0 Å². The second kappa shape index (κ2) is 5.86. The Morgan fingerprint density at radius 1 is 1.10 bits per heavy atom. The molecule has 4 heteroatoms. The predicted octanol–water partition coefficient (Wildman–Crippen LogP) is 2.00. The van der Waals surface area contributed by atoms with E-state index >= 15 is 0 Å². The summed E-state index contributed by atoms with van der Waals surface area (Å²) in [6, 6.07) is 0.801. The summed E-state index contributed by atoms with van der Waals surface area (Å²) in [7, 11) is 4.38. The maximum Gasteiger partial charge on any atom is 0.113 e. The average Bonchev–Trinajstić information content (AvgIpc) is 2.79. The standard InChI is InChI=1S/C16H28N4/c1-13-11-19(3)16(17-13)14-5-4-8-20(12-14)15-6-9-18(2)10-7-15/h11,14-15H,4-10,12H2,1-3H3. The average molecular weight is 276 g/mol. The summed E-state index contributed by atoms with van der Waals surface area (Å²) in [6.07, 6.45) is 7.45. The lowest BCUT2D eigenvalue weighted by molar-refractivity contribution is 0.0922. The van der Waals surface area contributed by atoms with Crippen LogP contribution in [0.1, 0.15) is 43.1 Å². The van der Waals surface area contributed by atoms with Crippen molar-refractivity contribution in [2.75, 3.05) is 33.2 Å². The lowest BCUT2D eigenvalue weighted by Gasteiger charge is -2.41. The summed E-state index contributed by atoms with van der Waals surface area (Å²) in [5, 5.41) is 0. The number of likely N-dealkylation sites (tertiary alicyclic amines) is 2. The highest BCUT2D eigenvalue weighted by Crippen LogP contribution is 2.29. The van der Waals surface area contributed by atoms with Crippen LogP contribution in [0.15, 0.2) is 6.20 Å². The van der Waals surface area contributed by atoms with Crippen LogP contribution in [0.3, 0.4) is 0 Å². The number of aromatic nitrogens is 2. The lowest BCUT2D eigenvalue weighted by atomic mass is 9.93. The number of aryl methyl sites for hydroxylation is 2. The SMILES string of the molecule is Cc1cn(C)c(C2CCCN(C3CCN(C)CC3)C2)n1. The molecule has 2 aliphatic rings. The van der Waals surface area contributed by atoms with Crippen LogP contribution in [0.5, 0.6) is 0 Å². The number of hydrogen-bond donors (Lipinski definition) is 0. The zero-order valence-electron chi connectivity index (χ0n) is 13.2. The van der Waals surface area contributed by atoms with Crippen LogP contribution in [0.25, 0.3) is 0 Å². The van der Waals surface area contributed by atoms with Gasteiger partial charge >= 0.3 is 0 Å². The van der Waals surface area contributed by atoms with Gasteiger partial charge in [-0.25, -0.2) is 4.98 Å². The predicted molar refractivity (Wildman–Crippen MR) is 82.0 cm³/mol. The van der Waals surface area contributed by atoms with Crippen molar-refractivity contribution in [3.63, 3.8) is 0 Å². The fraction of sp³-hybridized carbons (Fsp3) is 0.812. The van der Waals surface area contributed by atoms with Crippen LogP contribution in [0.2, 0.25) is 0 Å². The van der Waals surface area contributed by atoms with Crippen LogP contribution in [-0.2, 0) is 7.05 Å². The number of piperidine rings is 2. The van der Waals surface area contributed by atoms with Gasteiger partial charge in [0.2, 0.25) is 0 Å². The first-order valence-corrected chi connectivity index (χ1v) is 8.06. The Morgan fingerprint density at radius 3 is 2.50 bits per heavy atom. The number of rotatable bonds is 2. The minimum atomic E-state index is 0.627. The third kappa shape index (κ3) is 2.91. The maximum atomic E-state index is 4.75. The molecule has 112 valence electrons. The van der Waals surface area contributed by atoms with Gasteiger partial charge in [-0.1, -0.05) is 0 Å². The molecule has 2 fully saturated rings. The monoisotopic (exact) mass is 276 g/mol. The van der Waals surface area contributed by atoms with E-state index in [0.29, 0.717) is 5.92 Å². The van der Waals surface area contributed by atoms with Crippen molar-refractivity contribution in [1.29, 1.82) is 0 Å². The molecule has 0 aliphatic carbocycles. The van der Waals surface area contributed by atoms with Crippen molar-refractivity contribution in [1.82, 2.24) is 19.4 Å². The van der Waals surface area contributed by atoms with Gasteiger partial charge < -0.3 is 9.47 Å². The van der Waals surface area contributed by atoms with Gasteiger partial charge in [-0.05, 0) is 59.3 Å². The Hall–Kier alpha value is -0.870. The molecule has 1 aromatic heterocycles. The first-order valence-electron chi connectivity index (χ1n) is 8.06. The van der Waals surface area contributed by atoms with Crippen LogP contribution in [-0.4, -0.2) is 58.6 Å². The highest BCUT2D eigenvalue weighted by Gasteiger charge is 2.30. The van der Waals surface area contributed by atoms with Crippen LogP contribution < -0.4 is 0 Å². The van der Waals surface area contributed by atoms with Gasteiger partial charge in [0.25, 0.3) is 0 Å².